The molecule has 5 heteroatoms. The number of carbonyl (C=O) groups is 1. The van der Waals surface area contributed by atoms with Crippen LogP contribution in [0.2, 0.25) is 5.02 Å². The zero-order valence-electron chi connectivity index (χ0n) is 11.6. The molecule has 1 saturated heterocycles. The van der Waals surface area contributed by atoms with Gasteiger partial charge in [-0.2, -0.15) is 0 Å². The second-order valence-corrected chi connectivity index (χ2v) is 5.87. The van der Waals surface area contributed by atoms with Crippen molar-refractivity contribution in [2.24, 2.45) is 0 Å². The lowest BCUT2D eigenvalue weighted by atomic mass is 9.98. The summed E-state index contributed by atoms with van der Waals surface area (Å²) in [6.07, 6.45) is 5.04. The van der Waals surface area contributed by atoms with Crippen LogP contribution in [0.1, 0.15) is 25.7 Å². The summed E-state index contributed by atoms with van der Waals surface area (Å²) in [4.78, 5) is 17.7. The Kier molecular flexibility index (Phi) is 3.97. The molecule has 0 saturated carbocycles. The molecule has 0 amide bonds. The molecule has 1 aromatic carbocycles. The number of carboxylic acid groups (broad SMARTS) is 1. The van der Waals surface area contributed by atoms with Gasteiger partial charge in [-0.3, -0.25) is 9.78 Å². The van der Waals surface area contributed by atoms with E-state index in [0.29, 0.717) is 5.02 Å². The largest absolute Gasteiger partial charge is 0.481 e. The quantitative estimate of drug-likeness (QED) is 0.939. The highest BCUT2D eigenvalue weighted by molar-refractivity contribution is 6.31. The fourth-order valence-corrected chi connectivity index (χ4v) is 3.25. The molecule has 1 atom stereocenters. The number of benzene rings is 1. The molecule has 3 rings (SSSR count). The molecule has 21 heavy (non-hydrogen) atoms. The van der Waals surface area contributed by atoms with Crippen LogP contribution in [-0.4, -0.2) is 28.6 Å². The number of hydrogen-bond acceptors (Lipinski definition) is 3. The number of aliphatic carboxylic acids is 1. The van der Waals surface area contributed by atoms with E-state index in [1.165, 1.54) is 0 Å². The first-order valence-corrected chi connectivity index (χ1v) is 7.55. The van der Waals surface area contributed by atoms with Crippen molar-refractivity contribution < 1.29 is 9.90 Å². The van der Waals surface area contributed by atoms with Gasteiger partial charge in [0.15, 0.2) is 0 Å². The molecule has 0 spiro atoms. The molecule has 0 radical (unpaired) electrons. The van der Waals surface area contributed by atoms with Crippen LogP contribution in [0.4, 0.5) is 5.69 Å². The third kappa shape index (κ3) is 2.95. The van der Waals surface area contributed by atoms with Gasteiger partial charge in [-0.05, 0) is 43.5 Å². The van der Waals surface area contributed by atoms with Gasteiger partial charge in [0.1, 0.15) is 0 Å². The summed E-state index contributed by atoms with van der Waals surface area (Å²) in [7, 11) is 0. The van der Waals surface area contributed by atoms with Crippen LogP contribution in [-0.2, 0) is 4.79 Å². The zero-order valence-corrected chi connectivity index (χ0v) is 12.4. The van der Waals surface area contributed by atoms with Crippen molar-refractivity contribution >= 4 is 34.2 Å². The molecule has 0 aliphatic carbocycles. The predicted octanol–water partition coefficient (Wildman–Crippen LogP) is 3.72. The van der Waals surface area contributed by atoms with Crippen molar-refractivity contribution in [2.45, 2.75) is 31.7 Å². The average molecular weight is 305 g/mol. The van der Waals surface area contributed by atoms with Gasteiger partial charge < -0.3 is 10.0 Å². The van der Waals surface area contributed by atoms with Gasteiger partial charge in [0.2, 0.25) is 0 Å². The van der Waals surface area contributed by atoms with E-state index in [9.17, 15) is 4.79 Å². The summed E-state index contributed by atoms with van der Waals surface area (Å²) in [6.45, 7) is 0.889. The van der Waals surface area contributed by atoms with Crippen LogP contribution in [0, 0.1) is 0 Å². The SMILES string of the molecule is O=C(O)CC1CCCCN1c1ccnc2cc(Cl)ccc12. The molecule has 1 N–H and O–H groups in total. The number of halogens is 1. The number of anilines is 1. The minimum absolute atomic E-state index is 0.0533. The second kappa shape index (κ2) is 5.90. The molecular weight excluding hydrogens is 288 g/mol. The first-order valence-electron chi connectivity index (χ1n) is 7.18. The van der Waals surface area contributed by atoms with E-state index in [2.05, 4.69) is 9.88 Å². The Morgan fingerprint density at radius 3 is 3.05 bits per heavy atom. The Morgan fingerprint density at radius 1 is 1.38 bits per heavy atom. The van der Waals surface area contributed by atoms with E-state index >= 15 is 0 Å². The maximum atomic E-state index is 11.1. The van der Waals surface area contributed by atoms with Crippen LogP contribution < -0.4 is 4.90 Å². The maximum Gasteiger partial charge on any atom is 0.305 e. The number of piperidine rings is 1. The highest BCUT2D eigenvalue weighted by Gasteiger charge is 2.26. The summed E-state index contributed by atoms with van der Waals surface area (Å²) >= 11 is 6.02. The normalized spacial score (nSPS) is 18.9. The molecule has 1 aromatic heterocycles. The fraction of sp³-hybridized carbons (Fsp3) is 0.375. The number of carboxylic acids is 1. The van der Waals surface area contributed by atoms with E-state index in [1.54, 1.807) is 6.20 Å². The zero-order chi connectivity index (χ0) is 14.8. The van der Waals surface area contributed by atoms with Crippen LogP contribution in [0.15, 0.2) is 30.5 Å². The first kappa shape index (κ1) is 14.1. The molecule has 1 fully saturated rings. The third-order valence-corrected chi connectivity index (χ3v) is 4.26. The summed E-state index contributed by atoms with van der Waals surface area (Å²) in [5.74, 6) is -0.742. The minimum atomic E-state index is -0.742. The lowest BCUT2D eigenvalue weighted by Crippen LogP contribution is -2.41. The Morgan fingerprint density at radius 2 is 2.24 bits per heavy atom. The van der Waals surface area contributed by atoms with E-state index in [0.717, 1.165) is 42.4 Å². The smallest absolute Gasteiger partial charge is 0.305 e. The molecule has 4 nitrogen and oxygen atoms in total. The van der Waals surface area contributed by atoms with E-state index in [-0.39, 0.29) is 12.5 Å². The molecule has 2 aromatic rings. The Bertz CT molecular complexity index is 674. The molecule has 1 aliphatic rings. The topological polar surface area (TPSA) is 53.4 Å². The number of pyridine rings is 1. The standard InChI is InChI=1S/C16H17ClN2O2/c17-11-4-5-13-14(9-11)18-7-6-15(13)19-8-2-1-3-12(19)10-16(20)21/h4-7,9,12H,1-3,8,10H2,(H,20,21). The van der Waals surface area contributed by atoms with Gasteiger partial charge in [0.05, 0.1) is 11.9 Å². The lowest BCUT2D eigenvalue weighted by molar-refractivity contribution is -0.137. The molecule has 2 heterocycles. The summed E-state index contributed by atoms with van der Waals surface area (Å²) in [5.41, 5.74) is 1.90. The minimum Gasteiger partial charge on any atom is -0.481 e. The molecular formula is C16H17ClN2O2. The molecule has 1 aliphatic heterocycles. The van der Waals surface area contributed by atoms with Crippen molar-refractivity contribution in [3.63, 3.8) is 0 Å². The molecule has 0 bridgehead atoms. The van der Waals surface area contributed by atoms with Crippen molar-refractivity contribution in [1.29, 1.82) is 0 Å². The third-order valence-electron chi connectivity index (χ3n) is 4.03. The Hall–Kier alpha value is -1.81. The van der Waals surface area contributed by atoms with Crippen LogP contribution in [0.25, 0.3) is 10.9 Å². The van der Waals surface area contributed by atoms with Crippen LogP contribution >= 0.6 is 11.6 Å². The second-order valence-electron chi connectivity index (χ2n) is 5.43. The lowest BCUT2D eigenvalue weighted by Gasteiger charge is -2.37. The van der Waals surface area contributed by atoms with E-state index in [4.69, 9.17) is 16.7 Å². The van der Waals surface area contributed by atoms with Crippen molar-refractivity contribution in [3.8, 4) is 0 Å². The van der Waals surface area contributed by atoms with Crippen molar-refractivity contribution in [1.82, 2.24) is 4.98 Å². The summed E-state index contributed by atoms with van der Waals surface area (Å²) in [5, 5.41) is 10.8. The van der Waals surface area contributed by atoms with Gasteiger partial charge in [0, 0.05) is 34.9 Å². The van der Waals surface area contributed by atoms with Gasteiger partial charge in [-0.1, -0.05) is 11.6 Å². The fourth-order valence-electron chi connectivity index (χ4n) is 3.09. The number of rotatable bonds is 3. The Balaban J connectivity index is 2.03. The van der Waals surface area contributed by atoms with Gasteiger partial charge in [0.25, 0.3) is 0 Å². The number of nitrogens with zero attached hydrogens (tertiary/aromatic N) is 2. The monoisotopic (exact) mass is 304 g/mol. The van der Waals surface area contributed by atoms with E-state index in [1.807, 2.05) is 24.3 Å². The molecule has 110 valence electrons. The van der Waals surface area contributed by atoms with Gasteiger partial charge in [-0.15, -0.1) is 0 Å². The predicted molar refractivity (Wildman–Crippen MR) is 84.0 cm³/mol. The summed E-state index contributed by atoms with van der Waals surface area (Å²) < 4.78 is 0. The molecule has 1 unspecified atom stereocenters. The van der Waals surface area contributed by atoms with Gasteiger partial charge in [-0.25, -0.2) is 0 Å². The van der Waals surface area contributed by atoms with Crippen LogP contribution in [0.5, 0.6) is 0 Å². The van der Waals surface area contributed by atoms with E-state index < -0.39 is 5.97 Å². The maximum absolute atomic E-state index is 11.1. The van der Waals surface area contributed by atoms with Crippen molar-refractivity contribution in [2.75, 3.05) is 11.4 Å². The highest BCUT2D eigenvalue weighted by Crippen LogP contribution is 2.32. The highest BCUT2D eigenvalue weighted by atomic mass is 35.5. The summed E-state index contributed by atoms with van der Waals surface area (Å²) in [6, 6.07) is 7.68. The number of hydrogen-bond donors (Lipinski definition) is 1. The van der Waals surface area contributed by atoms with Crippen molar-refractivity contribution in [3.05, 3.63) is 35.5 Å². The number of fused-ring (bicyclic) bond motifs is 1. The van der Waals surface area contributed by atoms with Crippen LogP contribution in [0.3, 0.4) is 0 Å². The van der Waals surface area contributed by atoms with Gasteiger partial charge >= 0.3 is 5.97 Å². The average Bonchev–Trinajstić information content (AvgIpc) is 2.46. The Labute approximate surface area is 128 Å². The first-order chi connectivity index (χ1) is 10.1. The number of aromatic nitrogens is 1.